The zero-order chi connectivity index (χ0) is 16.7. The number of aromatic nitrogens is 1. The third-order valence-corrected chi connectivity index (χ3v) is 6.36. The number of hydrogen-bond acceptors (Lipinski definition) is 3. The van der Waals surface area contributed by atoms with E-state index >= 15 is 0 Å². The number of oxazole rings is 1. The molecule has 0 aliphatic heterocycles. The number of halogens is 1. The predicted molar refractivity (Wildman–Crippen MR) is 91.7 cm³/mol. The molecule has 4 heteroatoms. The molecule has 3 aliphatic carbocycles. The van der Waals surface area contributed by atoms with Crippen LogP contribution in [0.25, 0.3) is 11.5 Å². The molecule has 2 aromatic rings. The van der Waals surface area contributed by atoms with E-state index in [1.54, 1.807) is 18.4 Å². The first kappa shape index (κ1) is 15.8. The van der Waals surface area contributed by atoms with Crippen molar-refractivity contribution in [2.75, 3.05) is 6.54 Å². The van der Waals surface area contributed by atoms with Gasteiger partial charge in [-0.1, -0.05) is 13.8 Å². The maximum atomic E-state index is 13.0. The number of nitrogens with one attached hydrogen (secondary N) is 1. The Kier molecular flexibility index (Phi) is 3.95. The normalized spacial score (nSPS) is 27.7. The molecular formula is C20H25FN2O. The van der Waals surface area contributed by atoms with Gasteiger partial charge in [-0.2, -0.15) is 0 Å². The molecule has 3 atom stereocenters. The standard InChI is InChI=1S/C20H25FN2O/c1-20(2)15-6-3-14(18(20)9-15)10-22-11-17-12-24-19(23-17)13-4-7-16(21)8-5-13/h4-5,7-8,12,14-15,18,22H,3,6,9-11H2,1-2H3/t14-,15-,18-/m0/s1. The van der Waals surface area contributed by atoms with Gasteiger partial charge in [-0.05, 0) is 73.2 Å². The quantitative estimate of drug-likeness (QED) is 0.869. The van der Waals surface area contributed by atoms with E-state index in [9.17, 15) is 4.39 Å². The lowest BCUT2D eigenvalue weighted by atomic mass is 9.45. The molecule has 3 aliphatic rings. The molecule has 0 spiro atoms. The number of rotatable bonds is 5. The van der Waals surface area contributed by atoms with Gasteiger partial charge >= 0.3 is 0 Å². The number of benzene rings is 1. The zero-order valence-corrected chi connectivity index (χ0v) is 14.4. The van der Waals surface area contributed by atoms with Gasteiger partial charge in [-0.25, -0.2) is 9.37 Å². The average molecular weight is 328 g/mol. The van der Waals surface area contributed by atoms with Crippen LogP contribution in [0.1, 0.15) is 38.8 Å². The van der Waals surface area contributed by atoms with Crippen LogP contribution in [-0.4, -0.2) is 11.5 Å². The molecule has 1 aromatic heterocycles. The molecule has 0 amide bonds. The van der Waals surface area contributed by atoms with Crippen LogP contribution in [0.3, 0.4) is 0 Å². The maximum Gasteiger partial charge on any atom is 0.226 e. The highest BCUT2D eigenvalue weighted by Gasteiger charge is 2.53. The summed E-state index contributed by atoms with van der Waals surface area (Å²) in [6.45, 7) is 6.65. The number of nitrogens with zero attached hydrogens (tertiary/aromatic N) is 1. The molecule has 1 N–H and O–H groups in total. The molecule has 0 unspecified atom stereocenters. The van der Waals surface area contributed by atoms with Gasteiger partial charge in [-0.15, -0.1) is 0 Å². The molecule has 1 aromatic carbocycles. The Morgan fingerprint density at radius 3 is 2.75 bits per heavy atom. The van der Waals surface area contributed by atoms with Crippen molar-refractivity contribution in [2.24, 2.45) is 23.2 Å². The van der Waals surface area contributed by atoms with E-state index in [-0.39, 0.29) is 5.82 Å². The van der Waals surface area contributed by atoms with Gasteiger partial charge in [0.1, 0.15) is 12.1 Å². The monoisotopic (exact) mass is 328 g/mol. The third kappa shape index (κ3) is 2.77. The largest absolute Gasteiger partial charge is 0.444 e. The summed E-state index contributed by atoms with van der Waals surface area (Å²) in [5, 5.41) is 3.56. The highest BCUT2D eigenvalue weighted by Crippen LogP contribution is 2.61. The maximum absolute atomic E-state index is 13.0. The Labute approximate surface area is 142 Å². The summed E-state index contributed by atoms with van der Waals surface area (Å²) in [6, 6.07) is 6.23. The smallest absolute Gasteiger partial charge is 0.226 e. The Morgan fingerprint density at radius 1 is 1.25 bits per heavy atom. The average Bonchev–Trinajstić information content (AvgIpc) is 3.04. The summed E-state index contributed by atoms with van der Waals surface area (Å²) in [5.41, 5.74) is 2.24. The molecule has 3 saturated carbocycles. The van der Waals surface area contributed by atoms with Gasteiger partial charge in [0.15, 0.2) is 0 Å². The third-order valence-electron chi connectivity index (χ3n) is 6.36. The molecular weight excluding hydrogens is 303 g/mol. The van der Waals surface area contributed by atoms with Gasteiger partial charge in [0, 0.05) is 12.1 Å². The number of fused-ring (bicyclic) bond motifs is 2. The second-order valence-corrected chi connectivity index (χ2v) is 7.98. The van der Waals surface area contributed by atoms with Crippen molar-refractivity contribution in [3.8, 4) is 11.5 Å². The first-order chi connectivity index (χ1) is 11.5. The van der Waals surface area contributed by atoms with Gasteiger partial charge in [-0.3, -0.25) is 0 Å². The Hall–Kier alpha value is -1.68. The molecule has 128 valence electrons. The Morgan fingerprint density at radius 2 is 2.04 bits per heavy atom. The summed E-state index contributed by atoms with van der Waals surface area (Å²) < 4.78 is 18.5. The minimum atomic E-state index is -0.249. The van der Waals surface area contributed by atoms with Gasteiger partial charge < -0.3 is 9.73 Å². The van der Waals surface area contributed by atoms with Crippen LogP contribution in [0.2, 0.25) is 0 Å². The summed E-state index contributed by atoms with van der Waals surface area (Å²) in [7, 11) is 0. The Balaban J connectivity index is 1.32. The van der Waals surface area contributed by atoms with E-state index in [1.807, 2.05) is 0 Å². The van der Waals surface area contributed by atoms with Crippen molar-refractivity contribution in [2.45, 2.75) is 39.7 Å². The lowest BCUT2D eigenvalue weighted by Crippen LogP contribution is -2.54. The lowest BCUT2D eigenvalue weighted by molar-refractivity contribution is -0.103. The summed E-state index contributed by atoms with van der Waals surface area (Å²) in [6.07, 6.45) is 5.84. The van der Waals surface area contributed by atoms with Crippen LogP contribution in [0, 0.1) is 29.0 Å². The Bertz CT molecular complexity index is 705. The van der Waals surface area contributed by atoms with Crippen LogP contribution < -0.4 is 5.32 Å². The van der Waals surface area contributed by atoms with Crippen molar-refractivity contribution in [3.05, 3.63) is 42.0 Å². The number of hydrogen-bond donors (Lipinski definition) is 1. The second kappa shape index (κ2) is 5.99. The van der Waals surface area contributed by atoms with Crippen LogP contribution >= 0.6 is 0 Å². The molecule has 5 rings (SSSR count). The first-order valence-corrected chi connectivity index (χ1v) is 8.95. The van der Waals surface area contributed by atoms with Crippen molar-refractivity contribution in [3.63, 3.8) is 0 Å². The lowest BCUT2D eigenvalue weighted by Gasteiger charge is -2.60. The molecule has 1 heterocycles. The van der Waals surface area contributed by atoms with E-state index in [1.165, 1.54) is 31.4 Å². The minimum Gasteiger partial charge on any atom is -0.444 e. The highest BCUT2D eigenvalue weighted by molar-refractivity contribution is 5.52. The van der Waals surface area contributed by atoms with E-state index in [0.717, 1.165) is 42.1 Å². The highest BCUT2D eigenvalue weighted by atomic mass is 19.1. The van der Waals surface area contributed by atoms with E-state index in [4.69, 9.17) is 4.42 Å². The first-order valence-electron chi connectivity index (χ1n) is 8.95. The van der Waals surface area contributed by atoms with Crippen LogP contribution in [-0.2, 0) is 6.54 Å². The fourth-order valence-corrected chi connectivity index (χ4v) is 4.71. The van der Waals surface area contributed by atoms with Gasteiger partial charge in [0.25, 0.3) is 0 Å². The molecule has 0 radical (unpaired) electrons. The fourth-order valence-electron chi connectivity index (χ4n) is 4.71. The minimum absolute atomic E-state index is 0.249. The van der Waals surface area contributed by atoms with E-state index in [0.29, 0.717) is 11.3 Å². The van der Waals surface area contributed by atoms with Crippen molar-refractivity contribution in [1.29, 1.82) is 0 Å². The fraction of sp³-hybridized carbons (Fsp3) is 0.550. The summed E-state index contributed by atoms with van der Waals surface area (Å²) in [5.74, 6) is 2.91. The molecule has 3 fully saturated rings. The molecule has 24 heavy (non-hydrogen) atoms. The van der Waals surface area contributed by atoms with Crippen molar-refractivity contribution in [1.82, 2.24) is 10.3 Å². The van der Waals surface area contributed by atoms with Crippen LogP contribution in [0.15, 0.2) is 34.9 Å². The molecule has 0 saturated heterocycles. The van der Waals surface area contributed by atoms with Gasteiger partial charge in [0.2, 0.25) is 5.89 Å². The predicted octanol–water partition coefficient (Wildman–Crippen LogP) is 4.64. The van der Waals surface area contributed by atoms with Crippen molar-refractivity contribution >= 4 is 0 Å². The van der Waals surface area contributed by atoms with E-state index < -0.39 is 0 Å². The van der Waals surface area contributed by atoms with Crippen LogP contribution in [0.5, 0.6) is 0 Å². The van der Waals surface area contributed by atoms with Crippen molar-refractivity contribution < 1.29 is 8.81 Å². The SMILES string of the molecule is CC1(C)[C@H]2CC[C@@H](CNCc3coc(-c4ccc(F)cc4)n3)[C@@H]1C2. The topological polar surface area (TPSA) is 38.1 Å². The van der Waals surface area contributed by atoms with E-state index in [2.05, 4.69) is 24.1 Å². The van der Waals surface area contributed by atoms with Gasteiger partial charge in [0.05, 0.1) is 5.69 Å². The molecule has 2 bridgehead atoms. The molecule has 3 nitrogen and oxygen atoms in total. The summed E-state index contributed by atoms with van der Waals surface area (Å²) in [4.78, 5) is 4.50. The van der Waals surface area contributed by atoms with Crippen LogP contribution in [0.4, 0.5) is 4.39 Å². The second-order valence-electron chi connectivity index (χ2n) is 7.98. The zero-order valence-electron chi connectivity index (χ0n) is 14.4. The summed E-state index contributed by atoms with van der Waals surface area (Å²) >= 11 is 0.